The van der Waals surface area contributed by atoms with Crippen molar-refractivity contribution in [3.05, 3.63) is 59.7 Å². The molecule has 3 heteroatoms. The number of carbonyl (C=O) groups is 1. The van der Waals surface area contributed by atoms with Gasteiger partial charge in [0.15, 0.2) is 0 Å². The molecule has 0 aliphatic rings. The van der Waals surface area contributed by atoms with Gasteiger partial charge in [0.25, 0.3) is 0 Å². The van der Waals surface area contributed by atoms with Gasteiger partial charge in [0, 0.05) is 5.75 Å². The largest absolute Gasteiger partial charge is 0.478 e. The molecular weight excluding hydrogens is 280 g/mol. The molecule has 2 aromatic rings. The van der Waals surface area contributed by atoms with Crippen LogP contribution < -0.4 is 0 Å². The molecule has 0 spiro atoms. The van der Waals surface area contributed by atoms with Gasteiger partial charge in [-0.2, -0.15) is 11.8 Å². The molecule has 0 aliphatic heterocycles. The van der Waals surface area contributed by atoms with Gasteiger partial charge in [0.05, 0.1) is 5.56 Å². The number of rotatable bonds is 6. The molecule has 0 unspecified atom stereocenters. The Morgan fingerprint density at radius 3 is 2.38 bits per heavy atom. The molecule has 1 N–H and O–H groups in total. The number of carboxylic acid groups (broad SMARTS) is 1. The highest BCUT2D eigenvalue weighted by atomic mass is 32.2. The summed E-state index contributed by atoms with van der Waals surface area (Å²) >= 11 is 1.93. The van der Waals surface area contributed by atoms with Crippen molar-refractivity contribution in [1.29, 1.82) is 0 Å². The summed E-state index contributed by atoms with van der Waals surface area (Å²) < 4.78 is 0. The zero-order chi connectivity index (χ0) is 15.2. The van der Waals surface area contributed by atoms with Crippen LogP contribution in [0.15, 0.2) is 48.5 Å². The predicted octanol–water partition coefficient (Wildman–Crippen LogP) is 4.94. The average Bonchev–Trinajstić information content (AvgIpc) is 2.47. The lowest BCUT2D eigenvalue weighted by Crippen LogP contribution is -1.99. The van der Waals surface area contributed by atoms with Crippen molar-refractivity contribution in [2.75, 3.05) is 5.75 Å². The van der Waals surface area contributed by atoms with Gasteiger partial charge in [0.1, 0.15) is 0 Å². The lowest BCUT2D eigenvalue weighted by molar-refractivity contribution is 0.0697. The summed E-state index contributed by atoms with van der Waals surface area (Å²) in [6, 6.07) is 15.3. The maximum Gasteiger partial charge on any atom is 0.336 e. The molecule has 0 atom stereocenters. The third-order valence-electron chi connectivity index (χ3n) is 3.14. The van der Waals surface area contributed by atoms with E-state index in [-0.39, 0.29) is 0 Å². The summed E-state index contributed by atoms with van der Waals surface area (Å²) in [5.41, 5.74) is 3.34. The van der Waals surface area contributed by atoms with Gasteiger partial charge in [-0.25, -0.2) is 4.79 Å². The van der Waals surface area contributed by atoms with E-state index in [0.717, 1.165) is 22.6 Å². The molecule has 0 aliphatic carbocycles. The molecule has 0 amide bonds. The van der Waals surface area contributed by atoms with Crippen molar-refractivity contribution in [3.63, 3.8) is 0 Å². The van der Waals surface area contributed by atoms with Crippen molar-refractivity contribution >= 4 is 17.7 Å². The molecule has 2 aromatic carbocycles. The molecule has 110 valence electrons. The quantitative estimate of drug-likeness (QED) is 0.821. The normalized spacial score (nSPS) is 10.8. The van der Waals surface area contributed by atoms with E-state index in [1.165, 1.54) is 5.56 Å². The molecule has 0 saturated carbocycles. The monoisotopic (exact) mass is 300 g/mol. The second-order valence-corrected chi connectivity index (χ2v) is 6.49. The van der Waals surface area contributed by atoms with Gasteiger partial charge in [-0.3, -0.25) is 0 Å². The third-order valence-corrected chi connectivity index (χ3v) is 4.58. The van der Waals surface area contributed by atoms with Crippen molar-refractivity contribution in [1.82, 2.24) is 0 Å². The SMILES string of the molecule is CC(C)CSCc1ccc(-c2ccccc2C(=O)O)cc1. The number of carboxylic acids is 1. The Kier molecular flexibility index (Phi) is 5.45. The fourth-order valence-corrected chi connectivity index (χ4v) is 3.13. The highest BCUT2D eigenvalue weighted by Gasteiger charge is 2.10. The molecule has 2 rings (SSSR count). The van der Waals surface area contributed by atoms with E-state index in [4.69, 9.17) is 0 Å². The van der Waals surface area contributed by atoms with E-state index >= 15 is 0 Å². The van der Waals surface area contributed by atoms with E-state index in [1.54, 1.807) is 12.1 Å². The van der Waals surface area contributed by atoms with E-state index in [1.807, 2.05) is 36.0 Å². The summed E-state index contributed by atoms with van der Waals surface area (Å²) in [6.45, 7) is 4.44. The van der Waals surface area contributed by atoms with E-state index in [0.29, 0.717) is 11.5 Å². The summed E-state index contributed by atoms with van der Waals surface area (Å²) in [4.78, 5) is 11.3. The zero-order valence-corrected chi connectivity index (χ0v) is 13.2. The smallest absolute Gasteiger partial charge is 0.336 e. The lowest BCUT2D eigenvalue weighted by Gasteiger charge is -2.08. The molecule has 0 radical (unpaired) electrons. The number of hydrogen-bond acceptors (Lipinski definition) is 2. The Hall–Kier alpha value is -1.74. The number of thioether (sulfide) groups is 1. The molecule has 0 fully saturated rings. The van der Waals surface area contributed by atoms with Crippen LogP contribution in [-0.2, 0) is 5.75 Å². The maximum absolute atomic E-state index is 11.3. The zero-order valence-electron chi connectivity index (χ0n) is 12.4. The van der Waals surface area contributed by atoms with Crippen molar-refractivity contribution in [2.45, 2.75) is 19.6 Å². The van der Waals surface area contributed by atoms with Crippen LogP contribution in [0.4, 0.5) is 0 Å². The van der Waals surface area contributed by atoms with Gasteiger partial charge in [-0.05, 0) is 34.4 Å². The predicted molar refractivity (Wildman–Crippen MR) is 89.8 cm³/mol. The lowest BCUT2D eigenvalue weighted by atomic mass is 9.99. The highest BCUT2D eigenvalue weighted by Crippen LogP contribution is 2.25. The highest BCUT2D eigenvalue weighted by molar-refractivity contribution is 7.98. The first-order valence-corrected chi connectivity index (χ1v) is 8.23. The van der Waals surface area contributed by atoms with Crippen LogP contribution in [0.3, 0.4) is 0 Å². The second-order valence-electron chi connectivity index (χ2n) is 5.46. The summed E-state index contributed by atoms with van der Waals surface area (Å²) in [5, 5.41) is 9.25. The summed E-state index contributed by atoms with van der Waals surface area (Å²) in [7, 11) is 0. The van der Waals surface area contributed by atoms with Gasteiger partial charge in [0.2, 0.25) is 0 Å². The summed E-state index contributed by atoms with van der Waals surface area (Å²) in [5.74, 6) is 1.97. The van der Waals surface area contributed by atoms with Crippen molar-refractivity contribution in [2.24, 2.45) is 5.92 Å². The van der Waals surface area contributed by atoms with Crippen LogP contribution in [0.25, 0.3) is 11.1 Å². The molecule has 21 heavy (non-hydrogen) atoms. The van der Waals surface area contributed by atoms with Crippen molar-refractivity contribution < 1.29 is 9.90 Å². The molecule has 2 nitrogen and oxygen atoms in total. The maximum atomic E-state index is 11.3. The first-order valence-electron chi connectivity index (χ1n) is 7.07. The van der Waals surface area contributed by atoms with Gasteiger partial charge < -0.3 is 5.11 Å². The fraction of sp³-hybridized carbons (Fsp3) is 0.278. The van der Waals surface area contributed by atoms with Crippen LogP contribution in [0.5, 0.6) is 0 Å². The Balaban J connectivity index is 2.14. The number of aromatic carboxylic acids is 1. The Morgan fingerprint density at radius 2 is 1.76 bits per heavy atom. The minimum atomic E-state index is -0.887. The Labute approximate surface area is 130 Å². The van der Waals surface area contributed by atoms with Crippen LogP contribution >= 0.6 is 11.8 Å². The molecule has 0 bridgehead atoms. The third kappa shape index (κ3) is 4.36. The van der Waals surface area contributed by atoms with Crippen molar-refractivity contribution in [3.8, 4) is 11.1 Å². The van der Waals surface area contributed by atoms with Gasteiger partial charge in [-0.15, -0.1) is 0 Å². The first kappa shape index (κ1) is 15.6. The standard InChI is InChI=1S/C18H20O2S/c1-13(2)11-21-12-14-7-9-15(10-8-14)16-5-3-4-6-17(16)18(19)20/h3-10,13H,11-12H2,1-2H3,(H,19,20). The second kappa shape index (κ2) is 7.32. The van der Waals surface area contributed by atoms with Crippen LogP contribution in [0, 0.1) is 5.92 Å². The fourth-order valence-electron chi connectivity index (χ4n) is 2.11. The summed E-state index contributed by atoms with van der Waals surface area (Å²) in [6.07, 6.45) is 0. The minimum absolute atomic E-state index is 0.347. The molecular formula is C18H20O2S. The first-order chi connectivity index (χ1) is 10.1. The Bertz CT molecular complexity index is 603. The van der Waals surface area contributed by atoms with Gasteiger partial charge in [-0.1, -0.05) is 56.3 Å². The molecule has 0 aromatic heterocycles. The van der Waals surface area contributed by atoms with Crippen LogP contribution in [0.1, 0.15) is 29.8 Å². The van der Waals surface area contributed by atoms with E-state index in [2.05, 4.69) is 26.0 Å². The van der Waals surface area contributed by atoms with E-state index < -0.39 is 5.97 Å². The van der Waals surface area contributed by atoms with Crippen LogP contribution in [-0.4, -0.2) is 16.8 Å². The van der Waals surface area contributed by atoms with E-state index in [9.17, 15) is 9.90 Å². The number of hydrogen-bond donors (Lipinski definition) is 1. The molecule has 0 saturated heterocycles. The molecule has 0 heterocycles. The topological polar surface area (TPSA) is 37.3 Å². The average molecular weight is 300 g/mol. The minimum Gasteiger partial charge on any atom is -0.478 e. The Morgan fingerprint density at radius 1 is 1.10 bits per heavy atom. The number of benzene rings is 2. The van der Waals surface area contributed by atoms with Gasteiger partial charge >= 0.3 is 5.97 Å². The van der Waals surface area contributed by atoms with Crippen LogP contribution in [0.2, 0.25) is 0 Å².